The van der Waals surface area contributed by atoms with E-state index in [0.29, 0.717) is 5.75 Å². The van der Waals surface area contributed by atoms with E-state index in [2.05, 4.69) is 26.7 Å². The number of aromatic nitrogens is 4. The second-order valence-corrected chi connectivity index (χ2v) is 7.22. The van der Waals surface area contributed by atoms with Crippen molar-refractivity contribution in [1.82, 2.24) is 24.6 Å². The molecule has 0 unspecified atom stereocenters. The van der Waals surface area contributed by atoms with Crippen molar-refractivity contribution in [3.8, 4) is 11.4 Å². The molecule has 0 atom stereocenters. The third-order valence-electron chi connectivity index (χ3n) is 4.39. The summed E-state index contributed by atoms with van der Waals surface area (Å²) >= 11 is 1.49. The molecule has 1 amide bonds. The minimum atomic E-state index is 0.211. The van der Waals surface area contributed by atoms with Crippen molar-refractivity contribution in [2.45, 2.75) is 50.7 Å². The van der Waals surface area contributed by atoms with E-state index in [4.69, 9.17) is 0 Å². The maximum absolute atomic E-state index is 12.5. The van der Waals surface area contributed by atoms with E-state index < -0.39 is 0 Å². The molecule has 7 heteroatoms. The number of carbonyl (C=O) groups excluding carboxylic acids is 1. The van der Waals surface area contributed by atoms with E-state index >= 15 is 0 Å². The van der Waals surface area contributed by atoms with Gasteiger partial charge in [0.05, 0.1) is 5.75 Å². The van der Waals surface area contributed by atoms with Crippen LogP contribution < -0.4 is 0 Å². The molecule has 0 N–H and O–H groups in total. The number of likely N-dealkylation sites (tertiary alicyclic amines) is 1. The highest BCUT2D eigenvalue weighted by Crippen LogP contribution is 2.24. The summed E-state index contributed by atoms with van der Waals surface area (Å²) in [5.74, 6) is 1.48. The monoisotopic (exact) mass is 359 g/mol. The molecular weight excluding hydrogens is 334 g/mol. The van der Waals surface area contributed by atoms with Crippen LogP contribution in [-0.2, 0) is 11.3 Å². The van der Waals surface area contributed by atoms with Crippen molar-refractivity contribution >= 4 is 17.7 Å². The van der Waals surface area contributed by atoms with Crippen LogP contribution in [0.3, 0.4) is 0 Å². The van der Waals surface area contributed by atoms with Gasteiger partial charge < -0.3 is 9.47 Å². The van der Waals surface area contributed by atoms with Gasteiger partial charge in [0.2, 0.25) is 5.91 Å². The predicted molar refractivity (Wildman–Crippen MR) is 99.3 cm³/mol. The Balaban J connectivity index is 1.69. The summed E-state index contributed by atoms with van der Waals surface area (Å²) in [5.41, 5.74) is 1.00. The van der Waals surface area contributed by atoms with Crippen LogP contribution in [0.1, 0.15) is 39.0 Å². The van der Waals surface area contributed by atoms with Crippen LogP contribution in [0.25, 0.3) is 11.4 Å². The first-order valence-electron chi connectivity index (χ1n) is 9.03. The highest BCUT2D eigenvalue weighted by atomic mass is 32.2. The van der Waals surface area contributed by atoms with Gasteiger partial charge in [-0.3, -0.25) is 9.78 Å². The number of thioether (sulfide) groups is 1. The van der Waals surface area contributed by atoms with E-state index in [9.17, 15) is 4.79 Å². The van der Waals surface area contributed by atoms with Crippen LogP contribution in [0.5, 0.6) is 0 Å². The number of carbonyl (C=O) groups is 1. The van der Waals surface area contributed by atoms with Crippen molar-refractivity contribution in [1.29, 1.82) is 0 Å². The van der Waals surface area contributed by atoms with Gasteiger partial charge in [-0.05, 0) is 31.4 Å². The maximum Gasteiger partial charge on any atom is 0.233 e. The lowest BCUT2D eigenvalue weighted by atomic mass is 10.2. The number of amides is 1. The normalized spacial score (nSPS) is 15.2. The average Bonchev–Trinajstić information content (AvgIpc) is 2.85. The first kappa shape index (κ1) is 17.9. The quantitative estimate of drug-likeness (QED) is 0.741. The largest absolute Gasteiger partial charge is 0.342 e. The van der Waals surface area contributed by atoms with E-state index in [-0.39, 0.29) is 5.91 Å². The molecule has 0 radical (unpaired) electrons. The zero-order valence-electron chi connectivity index (χ0n) is 14.7. The molecule has 1 aliphatic rings. The van der Waals surface area contributed by atoms with Gasteiger partial charge in [0, 0.05) is 37.6 Å². The van der Waals surface area contributed by atoms with E-state index in [1.165, 1.54) is 24.6 Å². The first-order chi connectivity index (χ1) is 12.3. The molecule has 25 heavy (non-hydrogen) atoms. The van der Waals surface area contributed by atoms with Crippen LogP contribution in [0, 0.1) is 0 Å². The molecule has 134 valence electrons. The van der Waals surface area contributed by atoms with Crippen molar-refractivity contribution in [2.75, 3.05) is 18.8 Å². The van der Waals surface area contributed by atoms with E-state index in [0.717, 1.165) is 55.4 Å². The van der Waals surface area contributed by atoms with Crippen LogP contribution in [0.4, 0.5) is 0 Å². The molecule has 1 fully saturated rings. The lowest BCUT2D eigenvalue weighted by Gasteiger charge is -2.19. The van der Waals surface area contributed by atoms with E-state index in [1.54, 1.807) is 12.4 Å². The first-order valence-corrected chi connectivity index (χ1v) is 10.0. The third-order valence-corrected chi connectivity index (χ3v) is 5.34. The zero-order valence-corrected chi connectivity index (χ0v) is 15.5. The van der Waals surface area contributed by atoms with Crippen molar-refractivity contribution in [3.05, 3.63) is 24.5 Å². The zero-order chi connectivity index (χ0) is 17.5. The number of nitrogens with zero attached hydrogens (tertiary/aromatic N) is 5. The molecule has 1 aliphatic heterocycles. The van der Waals surface area contributed by atoms with Crippen LogP contribution in [-0.4, -0.2) is 49.4 Å². The fourth-order valence-electron chi connectivity index (χ4n) is 3.07. The van der Waals surface area contributed by atoms with Gasteiger partial charge in [0.25, 0.3) is 0 Å². The lowest BCUT2D eigenvalue weighted by molar-refractivity contribution is -0.128. The molecule has 3 heterocycles. The molecule has 2 aromatic heterocycles. The highest BCUT2D eigenvalue weighted by Gasteiger charge is 2.19. The summed E-state index contributed by atoms with van der Waals surface area (Å²) in [6.07, 6.45) is 9.22. The molecule has 1 saturated heterocycles. The minimum Gasteiger partial charge on any atom is -0.342 e. The summed E-state index contributed by atoms with van der Waals surface area (Å²) in [7, 11) is 0. The molecular formula is C18H25N5OS. The summed E-state index contributed by atoms with van der Waals surface area (Å²) in [6.45, 7) is 4.75. The molecule has 6 nitrogen and oxygen atoms in total. The van der Waals surface area contributed by atoms with Gasteiger partial charge in [-0.2, -0.15) is 0 Å². The second kappa shape index (κ2) is 8.99. The fourth-order valence-corrected chi connectivity index (χ4v) is 3.94. The fraction of sp³-hybridized carbons (Fsp3) is 0.556. The van der Waals surface area contributed by atoms with Gasteiger partial charge in [-0.25, -0.2) is 0 Å². The summed E-state index contributed by atoms with van der Waals surface area (Å²) in [6, 6.07) is 3.88. The molecule has 0 aromatic carbocycles. The van der Waals surface area contributed by atoms with Crippen LogP contribution in [0.15, 0.2) is 29.7 Å². The highest BCUT2D eigenvalue weighted by molar-refractivity contribution is 7.99. The Labute approximate surface area is 153 Å². The Kier molecular flexibility index (Phi) is 6.44. The maximum atomic E-state index is 12.5. The van der Waals surface area contributed by atoms with Crippen molar-refractivity contribution in [2.24, 2.45) is 0 Å². The Bertz CT molecular complexity index is 680. The number of rotatable bonds is 6. The van der Waals surface area contributed by atoms with E-state index in [1.807, 2.05) is 17.0 Å². The summed E-state index contributed by atoms with van der Waals surface area (Å²) < 4.78 is 2.11. The van der Waals surface area contributed by atoms with Gasteiger partial charge in [-0.1, -0.05) is 31.5 Å². The number of hydrogen-bond donors (Lipinski definition) is 0. The topological polar surface area (TPSA) is 63.9 Å². The number of hydrogen-bond acceptors (Lipinski definition) is 5. The Morgan fingerprint density at radius 2 is 1.84 bits per heavy atom. The van der Waals surface area contributed by atoms with Crippen molar-refractivity contribution < 1.29 is 4.79 Å². The predicted octanol–water partition coefficient (Wildman–Crippen LogP) is 3.24. The molecule has 0 spiro atoms. The average molecular weight is 359 g/mol. The molecule has 2 aromatic rings. The molecule has 0 bridgehead atoms. The summed E-state index contributed by atoms with van der Waals surface area (Å²) in [4.78, 5) is 18.6. The Morgan fingerprint density at radius 3 is 2.52 bits per heavy atom. The summed E-state index contributed by atoms with van der Waals surface area (Å²) in [5, 5.41) is 9.50. The van der Waals surface area contributed by atoms with Crippen LogP contribution >= 0.6 is 11.8 Å². The number of pyridine rings is 1. The van der Waals surface area contributed by atoms with Gasteiger partial charge in [0.15, 0.2) is 11.0 Å². The molecule has 3 rings (SSSR count). The standard InChI is InChI=1S/C18H25N5OS/c1-2-11-23-17(15-7-9-19-10-8-15)20-21-18(23)25-14-16(24)22-12-5-3-4-6-13-22/h7-10H,2-6,11-14H2,1H3. The molecule has 0 saturated carbocycles. The van der Waals surface area contributed by atoms with Gasteiger partial charge >= 0.3 is 0 Å². The molecule has 0 aliphatic carbocycles. The van der Waals surface area contributed by atoms with Gasteiger partial charge in [0.1, 0.15) is 0 Å². The van der Waals surface area contributed by atoms with Gasteiger partial charge in [-0.15, -0.1) is 10.2 Å². The van der Waals surface area contributed by atoms with Crippen LogP contribution in [0.2, 0.25) is 0 Å². The Hall–Kier alpha value is -1.89. The SMILES string of the molecule is CCCn1c(SCC(=O)N2CCCCCC2)nnc1-c1ccncc1. The minimum absolute atomic E-state index is 0.211. The third kappa shape index (κ3) is 4.60. The second-order valence-electron chi connectivity index (χ2n) is 6.28. The Morgan fingerprint density at radius 1 is 1.12 bits per heavy atom. The smallest absolute Gasteiger partial charge is 0.233 e. The van der Waals surface area contributed by atoms with Crippen molar-refractivity contribution in [3.63, 3.8) is 0 Å². The lowest BCUT2D eigenvalue weighted by Crippen LogP contribution is -2.33.